The highest BCUT2D eigenvalue weighted by Gasteiger charge is 2.14. The van der Waals surface area contributed by atoms with E-state index < -0.39 is 0 Å². The van der Waals surface area contributed by atoms with E-state index in [1.54, 1.807) is 0 Å². The zero-order valence-electron chi connectivity index (χ0n) is 12.3. The van der Waals surface area contributed by atoms with E-state index in [4.69, 9.17) is 10.5 Å². The molecule has 0 aromatic rings. The van der Waals surface area contributed by atoms with E-state index in [2.05, 4.69) is 12.2 Å². The number of carbonyl (C=O) groups excluding carboxylic acids is 1. The van der Waals surface area contributed by atoms with Crippen molar-refractivity contribution in [3.63, 3.8) is 0 Å². The fourth-order valence-corrected chi connectivity index (χ4v) is 2.45. The molecule has 0 unspecified atom stereocenters. The van der Waals surface area contributed by atoms with Gasteiger partial charge in [-0.05, 0) is 25.7 Å². The van der Waals surface area contributed by atoms with Crippen LogP contribution in [0.2, 0.25) is 0 Å². The number of amides is 1. The number of rotatable bonds is 9. The minimum absolute atomic E-state index is 0.0221. The van der Waals surface area contributed by atoms with Gasteiger partial charge in [0.15, 0.2) is 0 Å². The number of carbonyl (C=O) groups is 1. The first-order valence-corrected chi connectivity index (χ1v) is 7.89. The van der Waals surface area contributed by atoms with Crippen LogP contribution >= 0.6 is 0 Å². The summed E-state index contributed by atoms with van der Waals surface area (Å²) in [6.45, 7) is 3.52. The zero-order chi connectivity index (χ0) is 13.9. The molecule has 1 aliphatic carbocycles. The lowest BCUT2D eigenvalue weighted by Crippen LogP contribution is -2.41. The highest BCUT2D eigenvalue weighted by molar-refractivity contribution is 5.81. The van der Waals surface area contributed by atoms with Gasteiger partial charge in [0.05, 0.1) is 12.1 Å². The Morgan fingerprint density at radius 2 is 2.05 bits per heavy atom. The first kappa shape index (κ1) is 16.4. The Balaban J connectivity index is 1.95. The molecule has 0 aliphatic heterocycles. The van der Waals surface area contributed by atoms with E-state index >= 15 is 0 Å². The van der Waals surface area contributed by atoms with Crippen molar-refractivity contribution < 1.29 is 9.53 Å². The van der Waals surface area contributed by atoms with Gasteiger partial charge in [0.2, 0.25) is 5.91 Å². The van der Waals surface area contributed by atoms with Crippen LogP contribution in [0.1, 0.15) is 64.7 Å². The van der Waals surface area contributed by atoms with Crippen molar-refractivity contribution in [1.82, 2.24) is 5.32 Å². The Kier molecular flexibility index (Phi) is 8.84. The van der Waals surface area contributed by atoms with Crippen LogP contribution in [-0.2, 0) is 9.53 Å². The quantitative estimate of drug-likeness (QED) is 0.632. The Bertz CT molecular complexity index is 240. The minimum atomic E-state index is -0.348. The van der Waals surface area contributed by atoms with Gasteiger partial charge >= 0.3 is 0 Å². The Morgan fingerprint density at radius 1 is 1.32 bits per heavy atom. The molecule has 4 heteroatoms. The first-order valence-electron chi connectivity index (χ1n) is 7.89. The van der Waals surface area contributed by atoms with Gasteiger partial charge in [0.25, 0.3) is 0 Å². The van der Waals surface area contributed by atoms with Gasteiger partial charge in [-0.2, -0.15) is 0 Å². The highest BCUT2D eigenvalue weighted by Crippen LogP contribution is 2.20. The summed E-state index contributed by atoms with van der Waals surface area (Å²) in [6, 6.07) is -0.348. The second kappa shape index (κ2) is 10.2. The van der Waals surface area contributed by atoms with Gasteiger partial charge in [-0.25, -0.2) is 0 Å². The third kappa shape index (κ3) is 7.53. The standard InChI is InChI=1S/C15H30N2O2/c1-2-3-10-14(16)15(18)17-11-7-12-19-13-8-5-4-6-9-13/h13-14H,2-12,16H2,1H3,(H,17,18)/t14-/m0/s1. The summed E-state index contributed by atoms with van der Waals surface area (Å²) in [4.78, 5) is 11.6. The number of ether oxygens (including phenoxy) is 1. The Morgan fingerprint density at radius 3 is 2.74 bits per heavy atom. The second-order valence-electron chi connectivity index (χ2n) is 5.52. The van der Waals surface area contributed by atoms with Crippen LogP contribution in [0.25, 0.3) is 0 Å². The monoisotopic (exact) mass is 270 g/mol. The predicted octanol–water partition coefficient (Wildman–Crippen LogP) is 2.36. The van der Waals surface area contributed by atoms with Crippen molar-refractivity contribution in [1.29, 1.82) is 0 Å². The molecule has 1 amide bonds. The van der Waals surface area contributed by atoms with Crippen LogP contribution in [-0.4, -0.2) is 31.2 Å². The molecule has 0 aromatic carbocycles. The van der Waals surface area contributed by atoms with E-state index in [0.29, 0.717) is 12.6 Å². The topological polar surface area (TPSA) is 64.4 Å². The number of unbranched alkanes of at least 4 members (excludes halogenated alkanes) is 1. The van der Waals surface area contributed by atoms with Gasteiger partial charge < -0.3 is 15.8 Å². The summed E-state index contributed by atoms with van der Waals surface area (Å²) in [5.41, 5.74) is 5.79. The normalized spacial score (nSPS) is 18.2. The molecule has 3 N–H and O–H groups in total. The van der Waals surface area contributed by atoms with E-state index in [1.807, 2.05) is 0 Å². The van der Waals surface area contributed by atoms with E-state index in [-0.39, 0.29) is 11.9 Å². The second-order valence-corrected chi connectivity index (χ2v) is 5.52. The summed E-state index contributed by atoms with van der Waals surface area (Å²) in [7, 11) is 0. The number of hydrogen-bond donors (Lipinski definition) is 2. The number of nitrogens with two attached hydrogens (primary N) is 1. The van der Waals surface area contributed by atoms with Gasteiger partial charge in [-0.1, -0.05) is 39.0 Å². The molecule has 1 rings (SSSR count). The van der Waals surface area contributed by atoms with Crippen molar-refractivity contribution in [2.75, 3.05) is 13.2 Å². The van der Waals surface area contributed by atoms with Crippen LogP contribution < -0.4 is 11.1 Å². The van der Waals surface area contributed by atoms with E-state index in [1.165, 1.54) is 32.1 Å². The van der Waals surface area contributed by atoms with Gasteiger partial charge in [-0.15, -0.1) is 0 Å². The summed E-state index contributed by atoms with van der Waals surface area (Å²) >= 11 is 0. The van der Waals surface area contributed by atoms with Crippen LogP contribution in [0.3, 0.4) is 0 Å². The maximum atomic E-state index is 11.6. The first-order chi connectivity index (χ1) is 9.24. The Labute approximate surface area is 117 Å². The van der Waals surface area contributed by atoms with Crippen molar-refractivity contribution in [2.45, 2.75) is 76.9 Å². The molecule has 0 spiro atoms. The summed E-state index contributed by atoms with van der Waals surface area (Å²) < 4.78 is 5.81. The summed E-state index contributed by atoms with van der Waals surface area (Å²) in [6.07, 6.45) is 10.6. The molecule has 0 bridgehead atoms. The fraction of sp³-hybridized carbons (Fsp3) is 0.933. The van der Waals surface area contributed by atoms with Crippen molar-refractivity contribution >= 4 is 5.91 Å². The van der Waals surface area contributed by atoms with Crippen molar-refractivity contribution in [2.24, 2.45) is 5.73 Å². The summed E-state index contributed by atoms with van der Waals surface area (Å²) in [5, 5.41) is 2.89. The minimum Gasteiger partial charge on any atom is -0.378 e. The van der Waals surface area contributed by atoms with Crippen LogP contribution in [0.4, 0.5) is 0 Å². The fourth-order valence-electron chi connectivity index (χ4n) is 2.45. The molecule has 0 radical (unpaired) electrons. The van der Waals surface area contributed by atoms with Crippen LogP contribution in [0.15, 0.2) is 0 Å². The average Bonchev–Trinajstić information content (AvgIpc) is 2.45. The third-order valence-electron chi connectivity index (χ3n) is 3.73. The molecule has 0 aromatic heterocycles. The molecule has 1 saturated carbocycles. The molecule has 4 nitrogen and oxygen atoms in total. The zero-order valence-corrected chi connectivity index (χ0v) is 12.3. The molecule has 1 fully saturated rings. The largest absolute Gasteiger partial charge is 0.378 e. The molecule has 1 atom stereocenters. The Hall–Kier alpha value is -0.610. The molecule has 1 aliphatic rings. The third-order valence-corrected chi connectivity index (χ3v) is 3.73. The van der Waals surface area contributed by atoms with Crippen LogP contribution in [0.5, 0.6) is 0 Å². The SMILES string of the molecule is CCCC[C@H](N)C(=O)NCCCOC1CCCCC1. The maximum Gasteiger partial charge on any atom is 0.236 e. The maximum absolute atomic E-state index is 11.6. The molecule has 112 valence electrons. The lowest BCUT2D eigenvalue weighted by Gasteiger charge is -2.22. The lowest BCUT2D eigenvalue weighted by molar-refractivity contribution is -0.122. The van der Waals surface area contributed by atoms with Crippen molar-refractivity contribution in [3.8, 4) is 0 Å². The van der Waals surface area contributed by atoms with E-state index in [0.717, 1.165) is 32.3 Å². The predicted molar refractivity (Wildman–Crippen MR) is 78.0 cm³/mol. The highest BCUT2D eigenvalue weighted by atomic mass is 16.5. The smallest absolute Gasteiger partial charge is 0.236 e. The molecule has 0 saturated heterocycles. The summed E-state index contributed by atoms with van der Waals surface area (Å²) in [5.74, 6) is -0.0221. The van der Waals surface area contributed by atoms with Gasteiger partial charge in [0, 0.05) is 13.2 Å². The van der Waals surface area contributed by atoms with Gasteiger partial charge in [-0.3, -0.25) is 4.79 Å². The van der Waals surface area contributed by atoms with Crippen LogP contribution in [0, 0.1) is 0 Å². The average molecular weight is 270 g/mol. The molecular formula is C15H30N2O2. The van der Waals surface area contributed by atoms with Crippen molar-refractivity contribution in [3.05, 3.63) is 0 Å². The van der Waals surface area contributed by atoms with Gasteiger partial charge in [0.1, 0.15) is 0 Å². The number of nitrogens with one attached hydrogen (secondary N) is 1. The number of hydrogen-bond acceptors (Lipinski definition) is 3. The molecule has 19 heavy (non-hydrogen) atoms. The molecule has 0 heterocycles. The lowest BCUT2D eigenvalue weighted by atomic mass is 9.98. The van der Waals surface area contributed by atoms with E-state index in [9.17, 15) is 4.79 Å². The molecular weight excluding hydrogens is 240 g/mol.